The number of nitrogens with one attached hydrogen (secondary N) is 2. The van der Waals surface area contributed by atoms with Crippen molar-refractivity contribution >= 4 is 40.9 Å². The number of nitrogens with zero attached hydrogens (tertiary/aromatic N) is 3. The van der Waals surface area contributed by atoms with Crippen LogP contribution in [-0.2, 0) is 11.8 Å². The maximum atomic E-state index is 12.9. The molecule has 0 fully saturated rings. The first-order valence-corrected chi connectivity index (χ1v) is 12.5. The topological polar surface area (TPSA) is 88.9 Å². The molecule has 0 spiro atoms. The average Bonchev–Trinajstić information content (AvgIpc) is 3.14. The highest BCUT2D eigenvalue weighted by Gasteiger charge is 2.24. The largest absolute Gasteiger partial charge is 0.342 e. The predicted octanol–water partition coefficient (Wildman–Crippen LogP) is 5.33. The van der Waals surface area contributed by atoms with E-state index in [0.717, 1.165) is 16.8 Å². The van der Waals surface area contributed by atoms with Crippen LogP contribution in [0, 0.1) is 19.8 Å². The Kier molecular flexibility index (Phi) is 8.74. The Morgan fingerprint density at radius 1 is 1.06 bits per heavy atom. The lowest BCUT2D eigenvalue weighted by molar-refractivity contribution is -0.113. The Hall–Kier alpha value is -2.84. The highest BCUT2D eigenvalue weighted by molar-refractivity contribution is 7.99. The summed E-state index contributed by atoms with van der Waals surface area (Å²) in [7, 11) is 1.84. The van der Waals surface area contributed by atoms with Gasteiger partial charge in [0.2, 0.25) is 5.91 Å². The van der Waals surface area contributed by atoms with E-state index in [0.29, 0.717) is 33.9 Å². The van der Waals surface area contributed by atoms with E-state index in [4.69, 9.17) is 11.6 Å². The summed E-state index contributed by atoms with van der Waals surface area (Å²) in [4.78, 5) is 25.4. The van der Waals surface area contributed by atoms with Gasteiger partial charge in [-0.15, -0.1) is 10.2 Å². The molecule has 0 unspecified atom stereocenters. The molecule has 9 heteroatoms. The third kappa shape index (κ3) is 6.39. The fraction of sp³-hybridized carbons (Fsp3) is 0.360. The van der Waals surface area contributed by atoms with Gasteiger partial charge in [-0.1, -0.05) is 67.5 Å². The average molecular weight is 500 g/mol. The van der Waals surface area contributed by atoms with Gasteiger partial charge < -0.3 is 15.2 Å². The van der Waals surface area contributed by atoms with Crippen LogP contribution in [0.15, 0.2) is 47.6 Å². The van der Waals surface area contributed by atoms with Crippen LogP contribution in [-0.4, -0.2) is 32.3 Å². The monoisotopic (exact) mass is 499 g/mol. The molecule has 2 aromatic carbocycles. The van der Waals surface area contributed by atoms with Crippen molar-refractivity contribution in [3.8, 4) is 0 Å². The second kappa shape index (κ2) is 11.5. The molecule has 0 aliphatic rings. The second-order valence-electron chi connectivity index (χ2n) is 8.64. The van der Waals surface area contributed by atoms with Gasteiger partial charge in [0, 0.05) is 12.7 Å². The molecule has 2 N–H and O–H groups in total. The van der Waals surface area contributed by atoms with Crippen LogP contribution < -0.4 is 10.6 Å². The molecule has 0 radical (unpaired) electrons. The van der Waals surface area contributed by atoms with Gasteiger partial charge >= 0.3 is 0 Å². The molecule has 0 bridgehead atoms. The normalized spacial score (nSPS) is 12.0. The van der Waals surface area contributed by atoms with Crippen LogP contribution in [0.4, 0.5) is 5.69 Å². The molecule has 0 saturated carbocycles. The Morgan fingerprint density at radius 2 is 1.74 bits per heavy atom. The first kappa shape index (κ1) is 25.8. The Balaban J connectivity index is 1.71. The number of rotatable bonds is 9. The number of hydrogen-bond acceptors (Lipinski definition) is 5. The molecule has 34 heavy (non-hydrogen) atoms. The van der Waals surface area contributed by atoms with Gasteiger partial charge in [-0.25, -0.2) is 0 Å². The molecule has 0 aliphatic carbocycles. The second-order valence-corrected chi connectivity index (χ2v) is 9.99. The number of amides is 2. The first-order valence-electron chi connectivity index (χ1n) is 11.1. The Bertz CT molecular complexity index is 1160. The van der Waals surface area contributed by atoms with E-state index < -0.39 is 0 Å². The van der Waals surface area contributed by atoms with E-state index in [1.807, 2.05) is 43.7 Å². The molecule has 1 heterocycles. The summed E-state index contributed by atoms with van der Waals surface area (Å²) in [5, 5.41) is 15.7. The van der Waals surface area contributed by atoms with Crippen molar-refractivity contribution in [2.75, 3.05) is 11.1 Å². The SMILES string of the molecule is Cc1cccc(C)c1NC(=O)CSc1nnc([C@@H](CC(C)C)NC(=O)c2ccccc2Cl)n1C. The van der Waals surface area contributed by atoms with E-state index in [1.54, 1.807) is 24.3 Å². The van der Waals surface area contributed by atoms with Gasteiger partial charge in [-0.05, 0) is 49.4 Å². The third-order valence-corrected chi connectivity index (χ3v) is 6.74. The molecule has 0 aliphatic heterocycles. The standard InChI is InChI=1S/C25H30ClN5O2S/c1-15(2)13-20(27-24(33)18-11-6-7-12-19(18)26)23-29-30-25(31(23)5)34-14-21(32)28-22-16(3)9-8-10-17(22)4/h6-12,15,20H,13-14H2,1-5H3,(H,27,33)(H,28,32)/t20-/m1/s1. The number of aryl methyl sites for hydroxylation is 2. The van der Waals surface area contributed by atoms with Crippen molar-refractivity contribution in [3.05, 3.63) is 70.0 Å². The highest BCUT2D eigenvalue weighted by atomic mass is 35.5. The van der Waals surface area contributed by atoms with Crippen LogP contribution >= 0.6 is 23.4 Å². The van der Waals surface area contributed by atoms with Gasteiger partial charge in [0.1, 0.15) is 0 Å². The highest BCUT2D eigenvalue weighted by Crippen LogP contribution is 2.26. The molecule has 7 nitrogen and oxygen atoms in total. The number of carbonyl (C=O) groups excluding carboxylic acids is 2. The van der Waals surface area contributed by atoms with Gasteiger partial charge in [-0.3, -0.25) is 9.59 Å². The quantitative estimate of drug-likeness (QED) is 0.388. The molecule has 180 valence electrons. The molecule has 1 atom stereocenters. The summed E-state index contributed by atoms with van der Waals surface area (Å²) < 4.78 is 1.83. The van der Waals surface area contributed by atoms with Gasteiger partial charge in [0.15, 0.2) is 11.0 Å². The first-order chi connectivity index (χ1) is 16.2. The van der Waals surface area contributed by atoms with Crippen molar-refractivity contribution < 1.29 is 9.59 Å². The molecular weight excluding hydrogens is 470 g/mol. The molecule has 0 saturated heterocycles. The van der Waals surface area contributed by atoms with Gasteiger partial charge in [-0.2, -0.15) is 0 Å². The fourth-order valence-corrected chi connectivity index (χ4v) is 4.59. The molecule has 3 aromatic rings. The summed E-state index contributed by atoms with van der Waals surface area (Å²) in [5.41, 5.74) is 3.29. The minimum absolute atomic E-state index is 0.113. The number of carbonyl (C=O) groups is 2. The maximum Gasteiger partial charge on any atom is 0.253 e. The van der Waals surface area contributed by atoms with E-state index in [2.05, 4.69) is 34.7 Å². The fourth-order valence-electron chi connectivity index (χ4n) is 3.65. The smallest absolute Gasteiger partial charge is 0.253 e. The zero-order chi connectivity index (χ0) is 24.8. The molecule has 1 aromatic heterocycles. The summed E-state index contributed by atoms with van der Waals surface area (Å²) >= 11 is 7.51. The van der Waals surface area contributed by atoms with Crippen molar-refractivity contribution in [3.63, 3.8) is 0 Å². The van der Waals surface area contributed by atoms with Gasteiger partial charge in [0.25, 0.3) is 5.91 Å². The van der Waals surface area contributed by atoms with Crippen LogP contribution in [0.25, 0.3) is 0 Å². The van der Waals surface area contributed by atoms with E-state index in [1.165, 1.54) is 11.8 Å². The zero-order valence-electron chi connectivity index (χ0n) is 20.1. The van der Waals surface area contributed by atoms with E-state index >= 15 is 0 Å². The van der Waals surface area contributed by atoms with Crippen molar-refractivity contribution in [1.82, 2.24) is 20.1 Å². The minimum Gasteiger partial charge on any atom is -0.342 e. The maximum absolute atomic E-state index is 12.9. The summed E-state index contributed by atoms with van der Waals surface area (Å²) in [6.07, 6.45) is 0.680. The lowest BCUT2D eigenvalue weighted by Gasteiger charge is -2.20. The molecule has 3 rings (SSSR count). The van der Waals surface area contributed by atoms with Gasteiger partial charge in [0.05, 0.1) is 22.4 Å². The Morgan fingerprint density at radius 3 is 2.38 bits per heavy atom. The van der Waals surface area contributed by atoms with Crippen LogP contribution in [0.3, 0.4) is 0 Å². The molecule has 2 amide bonds. The zero-order valence-corrected chi connectivity index (χ0v) is 21.6. The van der Waals surface area contributed by atoms with Crippen molar-refractivity contribution in [1.29, 1.82) is 0 Å². The summed E-state index contributed by atoms with van der Waals surface area (Å²) in [6, 6.07) is 12.5. The van der Waals surface area contributed by atoms with Crippen molar-refractivity contribution in [2.45, 2.75) is 45.3 Å². The number of aromatic nitrogens is 3. The van der Waals surface area contributed by atoms with Crippen LogP contribution in [0.5, 0.6) is 0 Å². The number of hydrogen-bond donors (Lipinski definition) is 2. The summed E-state index contributed by atoms with van der Waals surface area (Å²) in [6.45, 7) is 8.10. The van der Waals surface area contributed by atoms with Crippen molar-refractivity contribution in [2.24, 2.45) is 13.0 Å². The third-order valence-electron chi connectivity index (χ3n) is 5.39. The predicted molar refractivity (Wildman–Crippen MR) is 137 cm³/mol. The minimum atomic E-state index is -0.348. The Labute approximate surface area is 209 Å². The van der Waals surface area contributed by atoms with E-state index in [9.17, 15) is 9.59 Å². The lowest BCUT2D eigenvalue weighted by atomic mass is 10.0. The number of halogens is 1. The van der Waals surface area contributed by atoms with Crippen LogP contribution in [0.1, 0.15) is 53.6 Å². The molecular formula is C25H30ClN5O2S. The van der Waals surface area contributed by atoms with E-state index in [-0.39, 0.29) is 23.6 Å². The summed E-state index contributed by atoms with van der Waals surface area (Å²) in [5.74, 6) is 0.763. The number of benzene rings is 2. The lowest BCUT2D eigenvalue weighted by Crippen LogP contribution is -2.31. The number of thioether (sulfide) groups is 1. The number of para-hydroxylation sites is 1. The number of anilines is 1. The van der Waals surface area contributed by atoms with Crippen LogP contribution in [0.2, 0.25) is 5.02 Å².